The van der Waals surface area contributed by atoms with Gasteiger partial charge in [-0.05, 0) is 36.2 Å². The predicted octanol–water partition coefficient (Wildman–Crippen LogP) is 1.47. The van der Waals surface area contributed by atoms with Crippen molar-refractivity contribution in [2.24, 2.45) is 5.73 Å². The Kier molecular flexibility index (Phi) is 4.01. The minimum absolute atomic E-state index is 0.238. The minimum atomic E-state index is -0.351. The van der Waals surface area contributed by atoms with Crippen LogP contribution >= 0.6 is 0 Å². The average molecular weight is 262 g/mol. The molecule has 0 fully saturated rings. The molecule has 0 spiro atoms. The van der Waals surface area contributed by atoms with Crippen molar-refractivity contribution in [1.29, 1.82) is 0 Å². The van der Waals surface area contributed by atoms with Crippen LogP contribution in [-0.4, -0.2) is 28.8 Å². The van der Waals surface area contributed by atoms with Crippen LogP contribution in [-0.2, 0) is 6.42 Å². The number of benzene rings is 1. The standard InChI is InChI=1S/C13H18N4O2/c1-3-17(2)13-15-12(19-16-13)11(14)8-9-4-6-10(18)7-5-9/h4-7,11,18H,3,8,14H2,1-2H3. The zero-order valence-electron chi connectivity index (χ0n) is 11.1. The summed E-state index contributed by atoms with van der Waals surface area (Å²) in [4.78, 5) is 6.14. The monoisotopic (exact) mass is 262 g/mol. The van der Waals surface area contributed by atoms with Gasteiger partial charge in [-0.2, -0.15) is 4.98 Å². The van der Waals surface area contributed by atoms with Gasteiger partial charge in [-0.3, -0.25) is 0 Å². The first-order chi connectivity index (χ1) is 9.10. The molecule has 19 heavy (non-hydrogen) atoms. The van der Waals surface area contributed by atoms with Gasteiger partial charge in [0.05, 0.1) is 6.04 Å². The van der Waals surface area contributed by atoms with Crippen LogP contribution in [0.15, 0.2) is 28.8 Å². The van der Waals surface area contributed by atoms with Crippen molar-refractivity contribution >= 4 is 5.95 Å². The highest BCUT2D eigenvalue weighted by molar-refractivity contribution is 5.28. The van der Waals surface area contributed by atoms with Crippen molar-refractivity contribution in [3.05, 3.63) is 35.7 Å². The lowest BCUT2D eigenvalue weighted by molar-refractivity contribution is 0.353. The van der Waals surface area contributed by atoms with E-state index in [1.54, 1.807) is 12.1 Å². The van der Waals surface area contributed by atoms with Crippen LogP contribution in [0.1, 0.15) is 24.4 Å². The number of nitrogens with two attached hydrogens (primary N) is 1. The normalized spacial score (nSPS) is 12.4. The quantitative estimate of drug-likeness (QED) is 0.848. The third kappa shape index (κ3) is 3.23. The molecule has 3 N–H and O–H groups in total. The van der Waals surface area contributed by atoms with Gasteiger partial charge >= 0.3 is 0 Å². The molecule has 0 saturated heterocycles. The summed E-state index contributed by atoms with van der Waals surface area (Å²) in [6.07, 6.45) is 0.581. The first-order valence-corrected chi connectivity index (χ1v) is 6.18. The number of anilines is 1. The Morgan fingerprint density at radius 3 is 2.68 bits per heavy atom. The van der Waals surface area contributed by atoms with Crippen LogP contribution < -0.4 is 10.6 Å². The topological polar surface area (TPSA) is 88.4 Å². The Balaban J connectivity index is 2.05. The SMILES string of the molecule is CCN(C)c1noc(C(N)Cc2ccc(O)cc2)n1. The van der Waals surface area contributed by atoms with E-state index in [9.17, 15) is 5.11 Å². The Bertz CT molecular complexity index is 524. The van der Waals surface area contributed by atoms with Crippen LogP contribution in [0.5, 0.6) is 5.75 Å². The molecule has 6 heteroatoms. The number of hydrogen-bond donors (Lipinski definition) is 2. The molecule has 0 bridgehead atoms. The number of phenolic OH excluding ortho intramolecular Hbond substituents is 1. The number of nitrogens with zero attached hydrogens (tertiary/aromatic N) is 3. The highest BCUT2D eigenvalue weighted by Crippen LogP contribution is 2.18. The molecule has 0 saturated carbocycles. The number of hydrogen-bond acceptors (Lipinski definition) is 6. The summed E-state index contributed by atoms with van der Waals surface area (Å²) in [5, 5.41) is 13.1. The maximum atomic E-state index is 9.22. The molecule has 2 aromatic rings. The van der Waals surface area contributed by atoms with Gasteiger partial charge in [0, 0.05) is 13.6 Å². The molecule has 2 rings (SSSR count). The lowest BCUT2D eigenvalue weighted by atomic mass is 10.1. The number of aromatic hydroxyl groups is 1. The van der Waals surface area contributed by atoms with E-state index in [4.69, 9.17) is 10.3 Å². The fourth-order valence-corrected chi connectivity index (χ4v) is 1.65. The molecule has 0 aliphatic heterocycles. The van der Waals surface area contributed by atoms with Crippen molar-refractivity contribution in [3.8, 4) is 5.75 Å². The van der Waals surface area contributed by atoms with E-state index in [1.807, 2.05) is 31.0 Å². The molecule has 0 radical (unpaired) electrons. The van der Waals surface area contributed by atoms with Crippen molar-refractivity contribution in [3.63, 3.8) is 0 Å². The zero-order chi connectivity index (χ0) is 13.8. The number of rotatable bonds is 5. The molecule has 1 atom stereocenters. The summed E-state index contributed by atoms with van der Waals surface area (Å²) in [6, 6.07) is 6.56. The molecular weight excluding hydrogens is 244 g/mol. The van der Waals surface area contributed by atoms with Crippen LogP contribution in [0.25, 0.3) is 0 Å². The fourth-order valence-electron chi connectivity index (χ4n) is 1.65. The minimum Gasteiger partial charge on any atom is -0.508 e. The number of aromatic nitrogens is 2. The van der Waals surface area contributed by atoms with Gasteiger partial charge in [0.1, 0.15) is 5.75 Å². The third-order valence-electron chi connectivity index (χ3n) is 2.96. The maximum absolute atomic E-state index is 9.22. The first-order valence-electron chi connectivity index (χ1n) is 6.18. The maximum Gasteiger partial charge on any atom is 0.265 e. The molecule has 0 aliphatic rings. The van der Waals surface area contributed by atoms with E-state index < -0.39 is 0 Å². The molecular formula is C13H18N4O2. The van der Waals surface area contributed by atoms with E-state index in [2.05, 4.69) is 10.1 Å². The van der Waals surface area contributed by atoms with E-state index in [0.29, 0.717) is 18.3 Å². The molecule has 1 aromatic heterocycles. The van der Waals surface area contributed by atoms with E-state index >= 15 is 0 Å². The lowest BCUT2D eigenvalue weighted by Gasteiger charge is -2.09. The van der Waals surface area contributed by atoms with E-state index in [-0.39, 0.29) is 11.8 Å². The Morgan fingerprint density at radius 2 is 2.05 bits per heavy atom. The van der Waals surface area contributed by atoms with Gasteiger partial charge in [0.2, 0.25) is 5.89 Å². The van der Waals surface area contributed by atoms with Crippen LogP contribution in [0.4, 0.5) is 5.95 Å². The molecule has 0 aliphatic carbocycles. The Morgan fingerprint density at radius 1 is 1.37 bits per heavy atom. The third-order valence-corrected chi connectivity index (χ3v) is 2.96. The van der Waals surface area contributed by atoms with Gasteiger partial charge in [0.15, 0.2) is 0 Å². The summed E-state index contributed by atoms with van der Waals surface area (Å²) < 4.78 is 5.17. The predicted molar refractivity (Wildman–Crippen MR) is 72.0 cm³/mol. The van der Waals surface area contributed by atoms with Gasteiger partial charge in [-0.1, -0.05) is 12.1 Å². The molecule has 6 nitrogen and oxygen atoms in total. The second-order valence-corrected chi connectivity index (χ2v) is 4.42. The second-order valence-electron chi connectivity index (χ2n) is 4.42. The van der Waals surface area contributed by atoms with Crippen molar-refractivity contribution < 1.29 is 9.63 Å². The van der Waals surface area contributed by atoms with Crippen LogP contribution in [0.2, 0.25) is 0 Å². The summed E-state index contributed by atoms with van der Waals surface area (Å²) >= 11 is 0. The Labute approximate surface area is 111 Å². The van der Waals surface area contributed by atoms with Crippen molar-refractivity contribution in [2.75, 3.05) is 18.5 Å². The van der Waals surface area contributed by atoms with Gasteiger partial charge in [-0.25, -0.2) is 0 Å². The first kappa shape index (κ1) is 13.4. The smallest absolute Gasteiger partial charge is 0.265 e. The highest BCUT2D eigenvalue weighted by Gasteiger charge is 2.16. The van der Waals surface area contributed by atoms with E-state index in [1.165, 1.54) is 0 Å². The summed E-state index contributed by atoms with van der Waals surface area (Å²) in [6.45, 7) is 2.80. The molecule has 0 amide bonds. The molecule has 102 valence electrons. The highest BCUT2D eigenvalue weighted by atomic mass is 16.5. The summed E-state index contributed by atoms with van der Waals surface area (Å²) in [5.41, 5.74) is 7.05. The largest absolute Gasteiger partial charge is 0.508 e. The zero-order valence-corrected chi connectivity index (χ0v) is 11.1. The Hall–Kier alpha value is -2.08. The van der Waals surface area contributed by atoms with Gasteiger partial charge in [-0.15, -0.1) is 0 Å². The second kappa shape index (κ2) is 5.71. The molecule has 1 unspecified atom stereocenters. The van der Waals surface area contributed by atoms with Crippen LogP contribution in [0, 0.1) is 0 Å². The lowest BCUT2D eigenvalue weighted by Crippen LogP contribution is -2.18. The average Bonchev–Trinajstić information content (AvgIpc) is 2.90. The van der Waals surface area contributed by atoms with Crippen molar-refractivity contribution in [1.82, 2.24) is 10.1 Å². The van der Waals surface area contributed by atoms with Gasteiger partial charge < -0.3 is 20.3 Å². The van der Waals surface area contributed by atoms with E-state index in [0.717, 1.165) is 12.1 Å². The molecule has 1 heterocycles. The summed E-state index contributed by atoms with van der Waals surface area (Å²) in [7, 11) is 1.89. The van der Waals surface area contributed by atoms with Gasteiger partial charge in [0.25, 0.3) is 5.95 Å². The molecule has 1 aromatic carbocycles. The summed E-state index contributed by atoms with van der Waals surface area (Å²) in [5.74, 6) is 1.20. The van der Waals surface area contributed by atoms with Crippen molar-refractivity contribution in [2.45, 2.75) is 19.4 Å². The fraction of sp³-hybridized carbons (Fsp3) is 0.385. The number of phenols is 1. The van der Waals surface area contributed by atoms with Crippen LogP contribution in [0.3, 0.4) is 0 Å².